The van der Waals surface area contributed by atoms with Crippen LogP contribution in [-0.2, 0) is 15.8 Å². The Labute approximate surface area is 164 Å². The molecular formula is C20H20F2N4O3. The fourth-order valence-electron chi connectivity index (χ4n) is 3.49. The van der Waals surface area contributed by atoms with Gasteiger partial charge in [-0.05, 0) is 43.9 Å². The number of carbonyl (C=O) groups is 1. The summed E-state index contributed by atoms with van der Waals surface area (Å²) in [5, 5.41) is 19.8. The molecule has 0 spiro atoms. The van der Waals surface area contributed by atoms with Gasteiger partial charge in [-0.2, -0.15) is 0 Å². The lowest BCUT2D eigenvalue weighted by Crippen LogP contribution is -2.30. The average Bonchev–Trinajstić information content (AvgIpc) is 3.37. The van der Waals surface area contributed by atoms with E-state index in [1.54, 1.807) is 23.6 Å². The van der Waals surface area contributed by atoms with Crippen LogP contribution in [0.1, 0.15) is 36.6 Å². The lowest BCUT2D eigenvalue weighted by atomic mass is 9.92. The summed E-state index contributed by atoms with van der Waals surface area (Å²) in [6.45, 7) is 2.87. The topological polar surface area (TPSA) is 114 Å². The Hall–Kier alpha value is -3.07. The number of carboxylic acid groups (broad SMARTS) is 1. The highest BCUT2D eigenvalue weighted by Crippen LogP contribution is 2.48. The third-order valence-corrected chi connectivity index (χ3v) is 5.69. The molecule has 3 aromatic rings. The molecule has 9 heteroatoms. The predicted molar refractivity (Wildman–Crippen MR) is 102 cm³/mol. The summed E-state index contributed by atoms with van der Waals surface area (Å²) in [7, 11) is 0. The van der Waals surface area contributed by atoms with Gasteiger partial charge in [-0.25, -0.2) is 18.7 Å². The standard InChI is InChI=1S/C20H20F2N4O3/c1-10-3-4-11(19(2,29)17(21)22)7-12(10)13-8-24-16-15(23)25-14(9-26(13)16)20(5-6-20)18(27)28/h3-4,7-9,17,29H,5-6H2,1-2H3,(H2,23,25)(H,27,28). The number of nitrogens with two attached hydrogens (primary N) is 1. The van der Waals surface area contributed by atoms with Gasteiger partial charge in [-0.15, -0.1) is 0 Å². The van der Waals surface area contributed by atoms with Gasteiger partial charge in [0, 0.05) is 11.8 Å². The van der Waals surface area contributed by atoms with E-state index >= 15 is 0 Å². The van der Waals surface area contributed by atoms with Crippen LogP contribution in [0.5, 0.6) is 0 Å². The fraction of sp³-hybridized carbons (Fsp3) is 0.350. The SMILES string of the molecule is Cc1ccc(C(C)(O)C(F)F)cc1-c1cnc2c(N)nc(C3(C(=O)O)CC3)cn12. The number of nitrogen functional groups attached to an aromatic ring is 1. The number of benzene rings is 1. The third kappa shape index (κ3) is 2.84. The summed E-state index contributed by atoms with van der Waals surface area (Å²) >= 11 is 0. The van der Waals surface area contributed by atoms with Crippen LogP contribution in [-0.4, -0.2) is 37.0 Å². The quantitative estimate of drug-likeness (QED) is 0.605. The molecule has 29 heavy (non-hydrogen) atoms. The van der Waals surface area contributed by atoms with Crippen molar-refractivity contribution in [2.75, 3.05) is 5.73 Å². The number of alkyl halides is 2. The number of aryl methyl sites for hydroxylation is 1. The summed E-state index contributed by atoms with van der Waals surface area (Å²) in [6, 6.07) is 4.59. The van der Waals surface area contributed by atoms with Gasteiger partial charge in [0.15, 0.2) is 11.5 Å². The highest BCUT2D eigenvalue weighted by molar-refractivity contribution is 5.85. The number of fused-ring (bicyclic) bond motifs is 1. The van der Waals surface area contributed by atoms with Gasteiger partial charge in [-0.1, -0.05) is 12.1 Å². The minimum Gasteiger partial charge on any atom is -0.481 e. The second-order valence-electron chi connectivity index (χ2n) is 7.71. The second-order valence-corrected chi connectivity index (χ2v) is 7.71. The Bertz CT molecular complexity index is 1140. The smallest absolute Gasteiger partial charge is 0.315 e. The average molecular weight is 402 g/mol. The van der Waals surface area contributed by atoms with Crippen LogP contribution in [0.2, 0.25) is 0 Å². The number of aliphatic hydroxyl groups is 1. The van der Waals surface area contributed by atoms with Crippen LogP contribution in [0.15, 0.2) is 30.6 Å². The molecule has 0 bridgehead atoms. The number of imidazole rings is 1. The van der Waals surface area contributed by atoms with E-state index in [-0.39, 0.29) is 11.4 Å². The van der Waals surface area contributed by atoms with Gasteiger partial charge in [0.25, 0.3) is 6.43 Å². The molecule has 0 aliphatic heterocycles. The van der Waals surface area contributed by atoms with Crippen molar-refractivity contribution in [2.24, 2.45) is 0 Å². The van der Waals surface area contributed by atoms with E-state index in [1.165, 1.54) is 18.3 Å². The maximum absolute atomic E-state index is 13.3. The molecule has 2 aromatic heterocycles. The van der Waals surface area contributed by atoms with Crippen LogP contribution in [0.3, 0.4) is 0 Å². The number of halogens is 2. The number of anilines is 1. The van der Waals surface area contributed by atoms with Crippen LogP contribution in [0, 0.1) is 6.92 Å². The molecule has 1 atom stereocenters. The lowest BCUT2D eigenvalue weighted by molar-refractivity contribution is -0.140. The van der Waals surface area contributed by atoms with Crippen molar-refractivity contribution in [3.05, 3.63) is 47.4 Å². The van der Waals surface area contributed by atoms with E-state index in [1.807, 2.05) is 0 Å². The molecule has 7 nitrogen and oxygen atoms in total. The maximum Gasteiger partial charge on any atom is 0.315 e. The van der Waals surface area contributed by atoms with Crippen molar-refractivity contribution >= 4 is 17.4 Å². The van der Waals surface area contributed by atoms with Crippen LogP contribution in [0.25, 0.3) is 16.9 Å². The monoisotopic (exact) mass is 402 g/mol. The molecule has 1 saturated carbocycles. The first-order valence-corrected chi connectivity index (χ1v) is 9.07. The molecule has 1 fully saturated rings. The molecule has 1 aromatic carbocycles. The van der Waals surface area contributed by atoms with Gasteiger partial charge >= 0.3 is 5.97 Å². The van der Waals surface area contributed by atoms with Gasteiger partial charge in [-0.3, -0.25) is 9.20 Å². The molecule has 1 aliphatic carbocycles. The largest absolute Gasteiger partial charge is 0.481 e. The summed E-state index contributed by atoms with van der Waals surface area (Å²) in [4.78, 5) is 20.2. The number of carboxylic acids is 1. The van der Waals surface area contributed by atoms with E-state index in [0.717, 1.165) is 12.5 Å². The van der Waals surface area contributed by atoms with Crippen molar-refractivity contribution in [1.29, 1.82) is 0 Å². The first-order valence-electron chi connectivity index (χ1n) is 9.07. The maximum atomic E-state index is 13.3. The van der Waals surface area contributed by atoms with E-state index in [2.05, 4.69) is 9.97 Å². The zero-order chi connectivity index (χ0) is 21.1. The van der Waals surface area contributed by atoms with Crippen molar-refractivity contribution in [1.82, 2.24) is 14.4 Å². The second kappa shape index (κ2) is 6.21. The molecule has 1 unspecified atom stereocenters. The molecule has 0 saturated heterocycles. The molecule has 152 valence electrons. The Kier molecular flexibility index (Phi) is 4.13. The van der Waals surface area contributed by atoms with Gasteiger partial charge in [0.05, 0.1) is 17.6 Å². The summed E-state index contributed by atoms with van der Waals surface area (Å²) in [5.74, 6) is -0.869. The minimum atomic E-state index is -2.96. The highest BCUT2D eigenvalue weighted by Gasteiger charge is 2.53. The van der Waals surface area contributed by atoms with Crippen molar-refractivity contribution in [3.63, 3.8) is 0 Å². The number of hydrogen-bond donors (Lipinski definition) is 3. The van der Waals surface area contributed by atoms with Crippen LogP contribution in [0.4, 0.5) is 14.6 Å². The Morgan fingerprint density at radius 1 is 1.38 bits per heavy atom. The summed E-state index contributed by atoms with van der Waals surface area (Å²) < 4.78 is 28.2. The molecule has 1 aliphatic rings. The number of aromatic nitrogens is 3. The molecule has 4 rings (SSSR count). The number of hydrogen-bond acceptors (Lipinski definition) is 5. The zero-order valence-electron chi connectivity index (χ0n) is 15.9. The van der Waals surface area contributed by atoms with Gasteiger partial charge < -0.3 is 15.9 Å². The zero-order valence-corrected chi connectivity index (χ0v) is 15.9. The first-order chi connectivity index (χ1) is 13.6. The van der Waals surface area contributed by atoms with Crippen molar-refractivity contribution in [2.45, 2.75) is 44.1 Å². The first kappa shape index (κ1) is 19.3. The van der Waals surface area contributed by atoms with E-state index < -0.39 is 23.4 Å². The van der Waals surface area contributed by atoms with E-state index in [9.17, 15) is 23.8 Å². The predicted octanol–water partition coefficient (Wildman–Crippen LogP) is 2.88. The molecule has 4 N–H and O–H groups in total. The number of rotatable bonds is 5. The van der Waals surface area contributed by atoms with Crippen LogP contribution >= 0.6 is 0 Å². The molecule has 2 heterocycles. The third-order valence-electron chi connectivity index (χ3n) is 5.69. The molecular weight excluding hydrogens is 382 g/mol. The summed E-state index contributed by atoms with van der Waals surface area (Å²) in [5.41, 5.74) is 5.30. The lowest BCUT2D eigenvalue weighted by Gasteiger charge is -2.24. The fourth-order valence-corrected chi connectivity index (χ4v) is 3.49. The number of nitrogens with zero attached hydrogens (tertiary/aromatic N) is 3. The van der Waals surface area contributed by atoms with E-state index in [4.69, 9.17) is 5.73 Å². The van der Waals surface area contributed by atoms with E-state index in [0.29, 0.717) is 35.4 Å². The summed E-state index contributed by atoms with van der Waals surface area (Å²) in [6.07, 6.45) is 1.09. The minimum absolute atomic E-state index is 0.0644. The Morgan fingerprint density at radius 3 is 2.66 bits per heavy atom. The highest BCUT2D eigenvalue weighted by atomic mass is 19.3. The van der Waals surface area contributed by atoms with Gasteiger partial charge in [0.1, 0.15) is 11.0 Å². The molecule has 0 radical (unpaired) electrons. The molecule has 0 amide bonds. The van der Waals surface area contributed by atoms with Gasteiger partial charge in [0.2, 0.25) is 0 Å². The Balaban J connectivity index is 1.92. The van der Waals surface area contributed by atoms with Crippen molar-refractivity contribution in [3.8, 4) is 11.3 Å². The Morgan fingerprint density at radius 2 is 2.07 bits per heavy atom. The van der Waals surface area contributed by atoms with Crippen LogP contribution < -0.4 is 5.73 Å². The van der Waals surface area contributed by atoms with Crippen molar-refractivity contribution < 1.29 is 23.8 Å². The number of aliphatic carboxylic acids is 1. The normalized spacial score (nSPS) is 17.4.